The van der Waals surface area contributed by atoms with Crippen LogP contribution in [0.25, 0.3) is 34.3 Å². The summed E-state index contributed by atoms with van der Waals surface area (Å²) in [4.78, 5) is 6.95. The summed E-state index contributed by atoms with van der Waals surface area (Å²) < 4.78 is 16.1. The van der Waals surface area contributed by atoms with Crippen molar-refractivity contribution in [3.8, 4) is 23.0 Å². The van der Waals surface area contributed by atoms with E-state index in [1.807, 2.05) is 43.8 Å². The predicted octanol–water partition coefficient (Wildman–Crippen LogP) is 3.11. The number of rotatable bonds is 5. The molecule has 0 saturated carbocycles. The molecule has 4 aromatic rings. The van der Waals surface area contributed by atoms with Gasteiger partial charge in [-0.2, -0.15) is 10.2 Å². The monoisotopic (exact) mass is 506 g/mol. The highest BCUT2D eigenvalue weighted by Gasteiger charge is 2.23. The van der Waals surface area contributed by atoms with Crippen LogP contribution in [0.2, 0.25) is 0 Å². The molecule has 0 unspecified atom stereocenters. The van der Waals surface area contributed by atoms with Crippen LogP contribution in [0.15, 0.2) is 18.5 Å². The minimum absolute atomic E-state index is 0.0202. The molecule has 0 spiro atoms. The van der Waals surface area contributed by atoms with E-state index in [0.29, 0.717) is 31.4 Å². The molecule has 0 radical (unpaired) electrons. The van der Waals surface area contributed by atoms with E-state index in [0.717, 1.165) is 45.7 Å². The molecular formula is C26H34N8O3. The highest BCUT2D eigenvalue weighted by Crippen LogP contribution is 2.33. The minimum atomic E-state index is -0.118. The van der Waals surface area contributed by atoms with Crippen LogP contribution in [0.5, 0.6) is 11.8 Å². The lowest BCUT2D eigenvalue weighted by atomic mass is 10.1. The molecule has 5 rings (SSSR count). The van der Waals surface area contributed by atoms with Gasteiger partial charge in [0.2, 0.25) is 11.8 Å². The molecule has 37 heavy (non-hydrogen) atoms. The second kappa shape index (κ2) is 10.3. The summed E-state index contributed by atoms with van der Waals surface area (Å²) in [7, 11) is 1.87. The first kappa shape index (κ1) is 25.0. The second-order valence-electron chi connectivity index (χ2n) is 9.58. The van der Waals surface area contributed by atoms with Crippen LogP contribution in [-0.2, 0) is 20.1 Å². The first-order valence-electron chi connectivity index (χ1n) is 12.7. The van der Waals surface area contributed by atoms with Gasteiger partial charge in [0.05, 0.1) is 65.4 Å². The van der Waals surface area contributed by atoms with Gasteiger partial charge in [-0.25, -0.2) is 4.68 Å². The molecule has 0 aromatic carbocycles. The molecule has 0 saturated heterocycles. The maximum atomic E-state index is 9.75. The molecule has 0 amide bonds. The maximum Gasteiger partial charge on any atom is 0.240 e. The first-order valence-corrected chi connectivity index (χ1v) is 12.7. The van der Waals surface area contributed by atoms with Gasteiger partial charge in [-0.15, -0.1) is 5.10 Å². The van der Waals surface area contributed by atoms with E-state index < -0.39 is 0 Å². The van der Waals surface area contributed by atoms with Crippen LogP contribution < -0.4 is 9.47 Å². The maximum absolute atomic E-state index is 9.75. The van der Waals surface area contributed by atoms with Crippen molar-refractivity contribution in [3.63, 3.8) is 0 Å². The Hall–Kier alpha value is -3.70. The highest BCUT2D eigenvalue weighted by atomic mass is 16.5. The molecular weight excluding hydrogens is 472 g/mol. The third-order valence-electron chi connectivity index (χ3n) is 6.42. The largest absolute Gasteiger partial charge is 0.473 e. The van der Waals surface area contributed by atoms with Crippen LogP contribution in [0.3, 0.4) is 0 Å². The van der Waals surface area contributed by atoms with Crippen molar-refractivity contribution >= 4 is 23.1 Å². The van der Waals surface area contributed by atoms with Crippen molar-refractivity contribution in [3.05, 3.63) is 35.4 Å². The molecule has 1 aliphatic heterocycles. The molecule has 2 bridgehead atoms. The van der Waals surface area contributed by atoms with Crippen molar-refractivity contribution in [2.45, 2.75) is 53.0 Å². The van der Waals surface area contributed by atoms with Crippen molar-refractivity contribution in [2.75, 3.05) is 19.7 Å². The fraction of sp³-hybridized carbons (Fsp3) is 0.462. The number of nitrogens with one attached hydrogen (secondary N) is 1. The van der Waals surface area contributed by atoms with Gasteiger partial charge in [0.15, 0.2) is 0 Å². The molecule has 2 N–H and O–H groups in total. The van der Waals surface area contributed by atoms with Crippen LogP contribution in [0.4, 0.5) is 0 Å². The normalized spacial score (nSPS) is 17.3. The highest BCUT2D eigenvalue weighted by molar-refractivity contribution is 5.91. The molecule has 0 aliphatic carbocycles. The number of ether oxygens (including phenoxy) is 2. The van der Waals surface area contributed by atoms with Crippen molar-refractivity contribution in [2.24, 2.45) is 7.05 Å². The molecule has 5 heterocycles. The van der Waals surface area contributed by atoms with Crippen molar-refractivity contribution < 1.29 is 14.6 Å². The number of aryl methyl sites for hydroxylation is 1. The van der Waals surface area contributed by atoms with Gasteiger partial charge in [0.25, 0.3) is 0 Å². The van der Waals surface area contributed by atoms with Crippen LogP contribution in [0, 0.1) is 0 Å². The van der Waals surface area contributed by atoms with E-state index in [4.69, 9.17) is 14.6 Å². The molecule has 11 nitrogen and oxygen atoms in total. The van der Waals surface area contributed by atoms with Crippen molar-refractivity contribution in [1.82, 2.24) is 39.6 Å². The number of fused-ring (bicyclic) bond motifs is 4. The van der Waals surface area contributed by atoms with Gasteiger partial charge < -0.3 is 14.6 Å². The second-order valence-corrected chi connectivity index (χ2v) is 9.58. The van der Waals surface area contributed by atoms with E-state index in [2.05, 4.69) is 39.0 Å². The zero-order chi connectivity index (χ0) is 26.1. The lowest BCUT2D eigenvalue weighted by molar-refractivity contribution is 0.133. The Morgan fingerprint density at radius 3 is 2.86 bits per heavy atom. The number of H-pyrrole nitrogens is 1. The van der Waals surface area contributed by atoms with Gasteiger partial charge in [-0.05, 0) is 45.5 Å². The SMILES string of the molecule is CCN1Cc2c(c(OC(C)C)nn2CCO)/C=C/c2n[nH]c3cnc(cc23)-c2cnn(C)c2O[C@@H](C)C1. The van der Waals surface area contributed by atoms with E-state index in [1.54, 1.807) is 17.1 Å². The third-order valence-corrected chi connectivity index (χ3v) is 6.42. The summed E-state index contributed by atoms with van der Waals surface area (Å²) >= 11 is 0. The van der Waals surface area contributed by atoms with Gasteiger partial charge in [0, 0.05) is 25.5 Å². The van der Waals surface area contributed by atoms with Gasteiger partial charge in [0.1, 0.15) is 6.10 Å². The summed E-state index contributed by atoms with van der Waals surface area (Å²) in [5, 5.41) is 27.5. The quantitative estimate of drug-likeness (QED) is 0.424. The van der Waals surface area contributed by atoms with Crippen molar-refractivity contribution in [1.29, 1.82) is 0 Å². The lowest BCUT2D eigenvalue weighted by Crippen LogP contribution is -2.34. The van der Waals surface area contributed by atoms with Gasteiger partial charge in [-0.1, -0.05) is 6.92 Å². The molecule has 1 aliphatic rings. The molecule has 11 heteroatoms. The Bertz CT molecular complexity index is 1420. The average Bonchev–Trinajstić information content (AvgIpc) is 3.52. The summed E-state index contributed by atoms with van der Waals surface area (Å²) in [5.74, 6) is 1.21. The number of nitrogens with zero attached hydrogens (tertiary/aromatic N) is 7. The Kier molecular flexibility index (Phi) is 6.98. The number of likely N-dealkylation sites (N-methyl/N-ethyl adjacent to an activating group) is 1. The van der Waals surface area contributed by atoms with Crippen LogP contribution in [0.1, 0.15) is 44.6 Å². The molecule has 196 valence electrons. The third kappa shape index (κ3) is 4.96. The topological polar surface area (TPSA) is 119 Å². The van der Waals surface area contributed by atoms with E-state index in [9.17, 15) is 5.11 Å². The van der Waals surface area contributed by atoms with Gasteiger partial charge >= 0.3 is 0 Å². The van der Waals surface area contributed by atoms with E-state index in [-0.39, 0.29) is 18.8 Å². The standard InChI is InChI=1S/C26H34N8O3/c1-6-33-14-17(4)37-26-20(12-28-32(26)5)22-11-19-21(29-30-23(19)13-27-22)8-7-18-24(15-33)34(9-10-35)31-25(18)36-16(2)3/h7-8,11-13,16-17,35H,6,9-10,14-15H2,1-5H3,(H,29,30)/b8-7+/t17-/m0/s1. The predicted molar refractivity (Wildman–Crippen MR) is 141 cm³/mol. The Labute approximate surface area is 215 Å². The summed E-state index contributed by atoms with van der Waals surface area (Å²) in [5.41, 5.74) is 5.05. The molecule has 4 aromatic heterocycles. The number of hydrogen-bond donors (Lipinski definition) is 2. The number of pyridine rings is 1. The zero-order valence-corrected chi connectivity index (χ0v) is 22.0. The van der Waals surface area contributed by atoms with E-state index >= 15 is 0 Å². The number of aliphatic hydroxyl groups excluding tert-OH is 1. The fourth-order valence-corrected chi connectivity index (χ4v) is 4.63. The number of aliphatic hydroxyl groups is 1. The van der Waals surface area contributed by atoms with Crippen LogP contribution in [-0.4, -0.2) is 76.7 Å². The van der Waals surface area contributed by atoms with Gasteiger partial charge in [-0.3, -0.25) is 19.7 Å². The summed E-state index contributed by atoms with van der Waals surface area (Å²) in [6.45, 7) is 10.6. The van der Waals surface area contributed by atoms with E-state index in [1.165, 1.54) is 0 Å². The average molecular weight is 507 g/mol. The number of aromatic nitrogens is 7. The summed E-state index contributed by atoms with van der Waals surface area (Å²) in [6.07, 6.45) is 7.38. The minimum Gasteiger partial charge on any atom is -0.473 e. The first-order chi connectivity index (χ1) is 17.9. The number of aromatic amines is 1. The Balaban J connectivity index is 1.70. The smallest absolute Gasteiger partial charge is 0.240 e. The van der Waals surface area contributed by atoms with Crippen LogP contribution >= 0.6 is 0 Å². The zero-order valence-electron chi connectivity index (χ0n) is 22.0. The lowest BCUT2D eigenvalue weighted by Gasteiger charge is -2.25. The number of hydrogen-bond acceptors (Lipinski definition) is 8. The fourth-order valence-electron chi connectivity index (χ4n) is 4.63. The Morgan fingerprint density at radius 2 is 2.11 bits per heavy atom. The molecule has 0 fully saturated rings. The molecule has 1 atom stereocenters. The summed E-state index contributed by atoms with van der Waals surface area (Å²) in [6, 6.07) is 2.01. The Morgan fingerprint density at radius 1 is 1.27 bits per heavy atom.